The van der Waals surface area contributed by atoms with Crippen molar-refractivity contribution in [2.45, 2.75) is 0 Å². The van der Waals surface area contributed by atoms with Gasteiger partial charge >= 0.3 is 0 Å². The van der Waals surface area contributed by atoms with Crippen molar-refractivity contribution in [3.63, 3.8) is 0 Å². The highest BCUT2D eigenvalue weighted by molar-refractivity contribution is 7.22. The van der Waals surface area contributed by atoms with Gasteiger partial charge in [0, 0.05) is 18.7 Å². The van der Waals surface area contributed by atoms with Crippen molar-refractivity contribution in [3.8, 4) is 0 Å². The van der Waals surface area contributed by atoms with Crippen LogP contribution in [0.3, 0.4) is 0 Å². The Labute approximate surface area is 140 Å². The summed E-state index contributed by atoms with van der Waals surface area (Å²) < 4.78 is 1.10. The molecular weight excluding hydrogens is 306 g/mol. The largest absolute Gasteiger partial charge is 0.308 e. The summed E-state index contributed by atoms with van der Waals surface area (Å²) in [6, 6.07) is 17.4. The first-order chi connectivity index (χ1) is 11.1. The Morgan fingerprint density at radius 1 is 1.00 bits per heavy atom. The first-order valence-electron chi connectivity index (χ1n) is 7.52. The molecular formula is C18H19N3OS. The van der Waals surface area contributed by atoms with Crippen LogP contribution < -0.4 is 4.90 Å². The molecule has 4 nitrogen and oxygen atoms in total. The van der Waals surface area contributed by atoms with Gasteiger partial charge in [0.2, 0.25) is 0 Å². The van der Waals surface area contributed by atoms with Crippen molar-refractivity contribution in [2.24, 2.45) is 0 Å². The third-order valence-corrected chi connectivity index (χ3v) is 4.61. The zero-order chi connectivity index (χ0) is 16.2. The Morgan fingerprint density at radius 2 is 1.70 bits per heavy atom. The van der Waals surface area contributed by atoms with E-state index in [9.17, 15) is 4.79 Å². The minimum Gasteiger partial charge on any atom is -0.308 e. The number of anilines is 1. The number of hydrogen-bond donors (Lipinski definition) is 0. The maximum Gasteiger partial charge on any atom is 0.260 e. The highest BCUT2D eigenvalue weighted by Crippen LogP contribution is 2.29. The van der Waals surface area contributed by atoms with Crippen molar-refractivity contribution in [3.05, 3.63) is 60.2 Å². The molecule has 0 spiro atoms. The van der Waals surface area contributed by atoms with Crippen LogP contribution in [0.2, 0.25) is 0 Å². The highest BCUT2D eigenvalue weighted by Gasteiger charge is 2.21. The van der Waals surface area contributed by atoms with E-state index >= 15 is 0 Å². The molecule has 2 aromatic carbocycles. The lowest BCUT2D eigenvalue weighted by Gasteiger charge is -2.22. The van der Waals surface area contributed by atoms with Gasteiger partial charge in [0.25, 0.3) is 5.91 Å². The molecule has 0 unspecified atom stereocenters. The molecule has 3 aromatic rings. The van der Waals surface area contributed by atoms with Crippen LogP contribution in [0.5, 0.6) is 0 Å². The predicted molar refractivity (Wildman–Crippen MR) is 96.3 cm³/mol. The topological polar surface area (TPSA) is 36.4 Å². The molecule has 3 rings (SSSR count). The first-order valence-corrected chi connectivity index (χ1v) is 8.34. The van der Waals surface area contributed by atoms with Gasteiger partial charge in [-0.05, 0) is 38.4 Å². The molecule has 0 aliphatic heterocycles. The summed E-state index contributed by atoms with van der Waals surface area (Å²) in [6.45, 7) is 1.40. The lowest BCUT2D eigenvalue weighted by molar-refractivity contribution is 0.0985. The second-order valence-corrected chi connectivity index (χ2v) is 6.60. The minimum absolute atomic E-state index is 0.00786. The van der Waals surface area contributed by atoms with Gasteiger partial charge in [-0.2, -0.15) is 0 Å². The van der Waals surface area contributed by atoms with Gasteiger partial charge in [-0.15, -0.1) is 0 Å². The van der Waals surface area contributed by atoms with Crippen LogP contribution in [-0.2, 0) is 0 Å². The van der Waals surface area contributed by atoms with E-state index in [0.29, 0.717) is 12.1 Å². The maximum atomic E-state index is 12.9. The van der Waals surface area contributed by atoms with Crippen molar-refractivity contribution in [1.29, 1.82) is 0 Å². The fraction of sp³-hybridized carbons (Fsp3) is 0.222. The molecule has 0 aliphatic rings. The molecule has 0 atom stereocenters. The zero-order valence-electron chi connectivity index (χ0n) is 13.3. The Balaban J connectivity index is 1.96. The Morgan fingerprint density at radius 3 is 2.39 bits per heavy atom. The number of likely N-dealkylation sites (N-methyl/N-ethyl adjacent to an activating group) is 1. The van der Waals surface area contributed by atoms with Crippen LogP contribution in [0.1, 0.15) is 10.4 Å². The highest BCUT2D eigenvalue weighted by atomic mass is 32.1. The van der Waals surface area contributed by atoms with Crippen molar-refractivity contribution in [1.82, 2.24) is 9.88 Å². The van der Waals surface area contributed by atoms with E-state index < -0.39 is 0 Å². The molecule has 1 heterocycles. The van der Waals surface area contributed by atoms with Crippen LogP contribution in [0, 0.1) is 0 Å². The van der Waals surface area contributed by atoms with Gasteiger partial charge in [0.1, 0.15) is 0 Å². The van der Waals surface area contributed by atoms with E-state index in [1.165, 1.54) is 0 Å². The SMILES string of the molecule is CN(C)CCN(C(=O)c1ccccc1)c1nc2ccccc2s1. The third-order valence-electron chi connectivity index (χ3n) is 3.55. The van der Waals surface area contributed by atoms with Crippen LogP contribution in [-0.4, -0.2) is 43.0 Å². The van der Waals surface area contributed by atoms with E-state index in [1.54, 1.807) is 16.2 Å². The second-order valence-electron chi connectivity index (χ2n) is 5.59. The van der Waals surface area contributed by atoms with Gasteiger partial charge in [0.05, 0.1) is 10.2 Å². The number of fused-ring (bicyclic) bond motifs is 1. The van der Waals surface area contributed by atoms with Crippen LogP contribution in [0.15, 0.2) is 54.6 Å². The number of rotatable bonds is 5. The van der Waals surface area contributed by atoms with Gasteiger partial charge < -0.3 is 4.90 Å². The van der Waals surface area contributed by atoms with Crippen molar-refractivity contribution in [2.75, 3.05) is 32.1 Å². The summed E-state index contributed by atoms with van der Waals surface area (Å²) >= 11 is 1.56. The molecule has 0 fully saturated rings. The van der Waals surface area contributed by atoms with E-state index in [2.05, 4.69) is 9.88 Å². The van der Waals surface area contributed by atoms with Gasteiger partial charge in [-0.1, -0.05) is 41.7 Å². The lowest BCUT2D eigenvalue weighted by Crippen LogP contribution is -2.36. The standard InChI is InChI=1S/C18H19N3OS/c1-20(2)12-13-21(17(22)14-8-4-3-5-9-14)18-19-15-10-6-7-11-16(15)23-18/h3-11H,12-13H2,1-2H3. The molecule has 0 bridgehead atoms. The third kappa shape index (κ3) is 3.57. The smallest absolute Gasteiger partial charge is 0.260 e. The minimum atomic E-state index is -0.00786. The summed E-state index contributed by atoms with van der Waals surface area (Å²) in [4.78, 5) is 21.4. The molecule has 0 aliphatic carbocycles. The average molecular weight is 325 g/mol. The van der Waals surface area contributed by atoms with Gasteiger partial charge in [-0.3, -0.25) is 9.69 Å². The summed E-state index contributed by atoms with van der Waals surface area (Å²) in [5.74, 6) is -0.00786. The maximum absolute atomic E-state index is 12.9. The first kappa shape index (κ1) is 15.6. The molecule has 23 heavy (non-hydrogen) atoms. The number of hydrogen-bond acceptors (Lipinski definition) is 4. The van der Waals surface area contributed by atoms with Crippen LogP contribution >= 0.6 is 11.3 Å². The molecule has 0 radical (unpaired) electrons. The Hall–Kier alpha value is -2.24. The zero-order valence-corrected chi connectivity index (χ0v) is 14.1. The summed E-state index contributed by atoms with van der Waals surface area (Å²) in [6.07, 6.45) is 0. The number of carbonyl (C=O) groups is 1. The number of para-hydroxylation sites is 1. The summed E-state index contributed by atoms with van der Waals surface area (Å²) in [5.41, 5.74) is 1.62. The number of amides is 1. The predicted octanol–water partition coefficient (Wildman–Crippen LogP) is 3.50. The number of thiazole rings is 1. The fourth-order valence-electron chi connectivity index (χ4n) is 2.30. The van der Waals surface area contributed by atoms with Crippen LogP contribution in [0.25, 0.3) is 10.2 Å². The number of aromatic nitrogens is 1. The second kappa shape index (κ2) is 6.89. The fourth-order valence-corrected chi connectivity index (χ4v) is 3.29. The monoisotopic (exact) mass is 325 g/mol. The summed E-state index contributed by atoms with van der Waals surface area (Å²) in [5, 5.41) is 0.752. The molecule has 0 N–H and O–H groups in total. The number of benzene rings is 2. The van der Waals surface area contributed by atoms with Crippen molar-refractivity contribution < 1.29 is 4.79 Å². The summed E-state index contributed by atoms with van der Waals surface area (Å²) in [7, 11) is 4.01. The lowest BCUT2D eigenvalue weighted by atomic mass is 10.2. The Bertz CT molecular complexity index is 765. The van der Waals surface area contributed by atoms with Crippen molar-refractivity contribution >= 4 is 32.6 Å². The molecule has 1 amide bonds. The van der Waals surface area contributed by atoms with E-state index in [4.69, 9.17) is 0 Å². The van der Waals surface area contributed by atoms with Crippen LogP contribution in [0.4, 0.5) is 5.13 Å². The molecule has 0 saturated carbocycles. The molecule has 5 heteroatoms. The normalized spacial score (nSPS) is 11.1. The molecule has 118 valence electrons. The number of carbonyl (C=O) groups excluding carboxylic acids is 1. The van der Waals surface area contributed by atoms with E-state index in [0.717, 1.165) is 21.9 Å². The van der Waals surface area contributed by atoms with Gasteiger partial charge in [0.15, 0.2) is 5.13 Å². The average Bonchev–Trinajstić information content (AvgIpc) is 2.99. The van der Waals surface area contributed by atoms with Gasteiger partial charge in [-0.25, -0.2) is 4.98 Å². The quantitative estimate of drug-likeness (QED) is 0.720. The Kier molecular flexibility index (Phi) is 4.69. The molecule has 0 saturated heterocycles. The van der Waals surface area contributed by atoms with E-state index in [-0.39, 0.29) is 5.91 Å². The number of nitrogens with zero attached hydrogens (tertiary/aromatic N) is 3. The van der Waals surface area contributed by atoms with E-state index in [1.807, 2.05) is 68.7 Å². The molecule has 1 aromatic heterocycles.